The minimum Gasteiger partial charge on any atom is -0.507 e. The van der Waals surface area contributed by atoms with Crippen molar-refractivity contribution < 1.29 is 28.9 Å². The van der Waals surface area contributed by atoms with Gasteiger partial charge < -0.3 is 24.1 Å². The number of benzene rings is 2. The van der Waals surface area contributed by atoms with E-state index in [1.165, 1.54) is 13.0 Å². The number of Topliss-reactive ketones (excluding diaryl/α,β-unsaturated/α-hetero) is 1. The van der Waals surface area contributed by atoms with Crippen LogP contribution in [-0.4, -0.2) is 29.2 Å². The third kappa shape index (κ3) is 4.51. The highest BCUT2D eigenvalue weighted by Gasteiger charge is 2.16. The highest BCUT2D eigenvalue weighted by atomic mass is 16.5. The lowest BCUT2D eigenvalue weighted by molar-refractivity contribution is 0.101. The molecule has 0 aliphatic carbocycles. The molecule has 0 unspecified atom stereocenters. The first-order valence-corrected chi connectivity index (χ1v) is 9.29. The van der Waals surface area contributed by atoms with Crippen molar-refractivity contribution in [2.75, 3.05) is 13.2 Å². The molecule has 2 aromatic carbocycles. The fraction of sp³-hybridized carbons (Fsp3) is 0.273. The molecule has 2 N–H and O–H groups in total. The molecule has 0 atom stereocenters. The largest absolute Gasteiger partial charge is 0.507 e. The van der Waals surface area contributed by atoms with E-state index >= 15 is 0 Å². The Morgan fingerprint density at radius 2 is 1.83 bits per heavy atom. The lowest BCUT2D eigenvalue weighted by Crippen LogP contribution is -2.10. The van der Waals surface area contributed by atoms with E-state index in [2.05, 4.69) is 0 Å². The Morgan fingerprint density at radius 3 is 2.55 bits per heavy atom. The monoisotopic (exact) mass is 398 g/mol. The highest BCUT2D eigenvalue weighted by Crippen LogP contribution is 2.33. The van der Waals surface area contributed by atoms with Gasteiger partial charge >= 0.3 is 5.63 Å². The van der Waals surface area contributed by atoms with E-state index < -0.39 is 5.63 Å². The quantitative estimate of drug-likeness (QED) is 0.337. The zero-order valence-electron chi connectivity index (χ0n) is 16.2. The first kappa shape index (κ1) is 20.3. The van der Waals surface area contributed by atoms with Gasteiger partial charge in [-0.05, 0) is 37.6 Å². The molecule has 1 aromatic heterocycles. The van der Waals surface area contributed by atoms with Crippen molar-refractivity contribution in [3.63, 3.8) is 0 Å². The number of rotatable bonds is 8. The fourth-order valence-electron chi connectivity index (χ4n) is 3.06. The van der Waals surface area contributed by atoms with Crippen LogP contribution in [0.2, 0.25) is 0 Å². The molecule has 0 aliphatic rings. The maximum atomic E-state index is 11.6. The van der Waals surface area contributed by atoms with Crippen molar-refractivity contribution in [3.05, 3.63) is 57.9 Å². The third-order valence-electron chi connectivity index (χ3n) is 4.42. The zero-order valence-corrected chi connectivity index (χ0v) is 16.2. The minimum atomic E-state index is -0.646. The minimum absolute atomic E-state index is 0.0397. The van der Waals surface area contributed by atoms with Crippen molar-refractivity contribution in [1.29, 1.82) is 0 Å². The summed E-state index contributed by atoms with van der Waals surface area (Å²) in [5.74, 6) is 0.569. The third-order valence-corrected chi connectivity index (χ3v) is 4.42. The summed E-state index contributed by atoms with van der Waals surface area (Å²) in [6.07, 6.45) is 1.37. The predicted molar refractivity (Wildman–Crippen MR) is 107 cm³/mol. The zero-order chi connectivity index (χ0) is 21.0. The Labute approximate surface area is 167 Å². The number of aromatic hydroxyl groups is 2. The van der Waals surface area contributed by atoms with Crippen LogP contribution < -0.4 is 15.1 Å². The molecule has 0 saturated carbocycles. The normalized spacial score (nSPS) is 10.8. The summed E-state index contributed by atoms with van der Waals surface area (Å²) in [6, 6.07) is 9.00. The van der Waals surface area contributed by atoms with Gasteiger partial charge in [0.15, 0.2) is 5.78 Å². The lowest BCUT2D eigenvalue weighted by Gasteiger charge is -2.15. The Hall–Kier alpha value is -3.48. The summed E-state index contributed by atoms with van der Waals surface area (Å²) in [7, 11) is 0. The molecule has 7 heteroatoms. The summed E-state index contributed by atoms with van der Waals surface area (Å²) in [5, 5.41) is 20.5. The van der Waals surface area contributed by atoms with Crippen LogP contribution in [0.4, 0.5) is 0 Å². The van der Waals surface area contributed by atoms with Gasteiger partial charge in [-0.3, -0.25) is 4.79 Å². The van der Waals surface area contributed by atoms with Gasteiger partial charge in [-0.1, -0.05) is 13.3 Å². The number of phenolic OH excluding ortho intramolecular Hbond substituents is 1. The molecule has 0 spiro atoms. The Morgan fingerprint density at radius 1 is 1.07 bits per heavy atom. The highest BCUT2D eigenvalue weighted by molar-refractivity contribution is 5.97. The second-order valence-corrected chi connectivity index (χ2v) is 6.55. The molecule has 3 aromatic rings. The molecule has 0 radical (unpaired) electrons. The van der Waals surface area contributed by atoms with Crippen LogP contribution in [0.25, 0.3) is 11.0 Å². The molecule has 152 valence electrons. The molecule has 0 amide bonds. The van der Waals surface area contributed by atoms with Gasteiger partial charge in [-0.25, -0.2) is 4.79 Å². The molecular formula is C22H22O7. The average molecular weight is 398 g/mol. The Balaban J connectivity index is 1.67. The smallest absolute Gasteiger partial charge is 0.339 e. The van der Waals surface area contributed by atoms with Crippen LogP contribution in [0.5, 0.6) is 23.0 Å². The second kappa shape index (κ2) is 8.68. The molecule has 1 heterocycles. The molecule has 0 aliphatic heterocycles. The van der Waals surface area contributed by atoms with Gasteiger partial charge in [-0.15, -0.1) is 0 Å². The number of hydrogen-bond donors (Lipinski definition) is 2. The van der Waals surface area contributed by atoms with E-state index in [-0.39, 0.29) is 41.6 Å². The topological polar surface area (TPSA) is 106 Å². The van der Waals surface area contributed by atoms with Crippen LogP contribution in [0, 0.1) is 0 Å². The van der Waals surface area contributed by atoms with E-state index in [1.807, 2.05) is 6.92 Å². The van der Waals surface area contributed by atoms with Gasteiger partial charge in [0, 0.05) is 11.6 Å². The van der Waals surface area contributed by atoms with Gasteiger partial charge in [0.2, 0.25) is 0 Å². The fourth-order valence-corrected chi connectivity index (χ4v) is 3.06. The maximum absolute atomic E-state index is 11.6. The molecule has 7 nitrogen and oxygen atoms in total. The molecule has 0 saturated heterocycles. The van der Waals surface area contributed by atoms with Gasteiger partial charge in [-0.2, -0.15) is 0 Å². The average Bonchev–Trinajstić information content (AvgIpc) is 2.67. The molecule has 29 heavy (non-hydrogen) atoms. The van der Waals surface area contributed by atoms with E-state index in [9.17, 15) is 19.8 Å². The van der Waals surface area contributed by atoms with Crippen molar-refractivity contribution in [1.82, 2.24) is 0 Å². The van der Waals surface area contributed by atoms with Crippen molar-refractivity contribution >= 4 is 16.8 Å². The Bertz CT molecular complexity index is 1100. The number of phenols is 1. The second-order valence-electron chi connectivity index (χ2n) is 6.55. The SMILES string of the molecule is CCCc1c(OCCOc2ccc3c(O)cc(=O)oc3c2)ccc(C(C)=O)c1O. The number of hydrogen-bond acceptors (Lipinski definition) is 7. The summed E-state index contributed by atoms with van der Waals surface area (Å²) >= 11 is 0. The summed E-state index contributed by atoms with van der Waals surface area (Å²) in [6.45, 7) is 3.79. The predicted octanol–water partition coefficient (Wildman–Crippen LogP) is 3.82. The van der Waals surface area contributed by atoms with Crippen LogP contribution in [-0.2, 0) is 6.42 Å². The summed E-state index contributed by atoms with van der Waals surface area (Å²) < 4.78 is 16.4. The van der Waals surface area contributed by atoms with Crippen LogP contribution in [0.15, 0.2) is 45.6 Å². The van der Waals surface area contributed by atoms with E-state index in [1.54, 1.807) is 24.3 Å². The van der Waals surface area contributed by atoms with E-state index in [4.69, 9.17) is 13.9 Å². The first-order chi connectivity index (χ1) is 13.9. The van der Waals surface area contributed by atoms with Gasteiger partial charge in [0.1, 0.15) is 41.8 Å². The lowest BCUT2D eigenvalue weighted by atomic mass is 10.0. The van der Waals surface area contributed by atoms with Gasteiger partial charge in [0.05, 0.1) is 17.0 Å². The number of ether oxygens (including phenoxy) is 2. The molecule has 0 fully saturated rings. The van der Waals surface area contributed by atoms with Crippen LogP contribution in [0.3, 0.4) is 0 Å². The Kier molecular flexibility index (Phi) is 6.07. The summed E-state index contributed by atoms with van der Waals surface area (Å²) in [4.78, 5) is 23.0. The first-order valence-electron chi connectivity index (χ1n) is 9.29. The van der Waals surface area contributed by atoms with Crippen molar-refractivity contribution in [3.8, 4) is 23.0 Å². The number of carbonyl (C=O) groups is 1. The maximum Gasteiger partial charge on any atom is 0.339 e. The van der Waals surface area contributed by atoms with Gasteiger partial charge in [0.25, 0.3) is 0 Å². The standard InChI is InChI=1S/C22H22O7/c1-3-4-17-19(8-7-15(13(2)23)22(17)26)28-10-9-27-14-5-6-16-18(24)12-21(25)29-20(16)11-14/h5-8,11-12,24,26H,3-4,9-10H2,1-2H3. The van der Waals surface area contributed by atoms with Crippen LogP contribution in [0.1, 0.15) is 36.2 Å². The van der Waals surface area contributed by atoms with E-state index in [0.717, 1.165) is 12.5 Å². The van der Waals surface area contributed by atoms with Crippen LogP contribution >= 0.6 is 0 Å². The summed E-state index contributed by atoms with van der Waals surface area (Å²) in [5.41, 5.74) is 0.456. The number of ketones is 1. The van der Waals surface area contributed by atoms with E-state index in [0.29, 0.717) is 28.9 Å². The van der Waals surface area contributed by atoms with Crippen molar-refractivity contribution in [2.24, 2.45) is 0 Å². The molecule has 0 bridgehead atoms. The van der Waals surface area contributed by atoms with Crippen molar-refractivity contribution in [2.45, 2.75) is 26.7 Å². The molecular weight excluding hydrogens is 376 g/mol. The number of carbonyl (C=O) groups excluding carboxylic acids is 1. The number of fused-ring (bicyclic) bond motifs is 1. The molecule has 3 rings (SSSR count).